The molecule has 0 aromatic rings. The SMILES string of the molecule is CC1/C=C(C(C)(C)C)\C=C/CNC2=C1C=C(C(C)(C)C)CC2. The summed E-state index contributed by atoms with van der Waals surface area (Å²) in [5.41, 5.74) is 6.41. The van der Waals surface area contributed by atoms with Crippen molar-refractivity contribution in [3.05, 3.63) is 46.7 Å². The maximum absolute atomic E-state index is 3.65. The van der Waals surface area contributed by atoms with Crippen LogP contribution < -0.4 is 5.32 Å². The lowest BCUT2D eigenvalue weighted by atomic mass is 9.77. The topological polar surface area (TPSA) is 12.0 Å². The zero-order chi connectivity index (χ0) is 16.5. The van der Waals surface area contributed by atoms with Crippen molar-refractivity contribution in [3.63, 3.8) is 0 Å². The number of hydrogen-bond donors (Lipinski definition) is 1. The molecule has 2 aliphatic rings. The minimum absolute atomic E-state index is 0.195. The van der Waals surface area contributed by atoms with Gasteiger partial charge in [-0.15, -0.1) is 0 Å². The van der Waals surface area contributed by atoms with E-state index in [0.717, 1.165) is 13.0 Å². The van der Waals surface area contributed by atoms with Gasteiger partial charge in [0.05, 0.1) is 0 Å². The molecule has 1 heteroatoms. The van der Waals surface area contributed by atoms with Crippen molar-refractivity contribution in [1.82, 2.24) is 5.32 Å². The van der Waals surface area contributed by atoms with Crippen molar-refractivity contribution in [2.24, 2.45) is 16.7 Å². The lowest BCUT2D eigenvalue weighted by Crippen LogP contribution is -2.22. The normalized spacial score (nSPS) is 27.5. The predicted octanol–water partition coefficient (Wildman–Crippen LogP) is 5.77. The highest BCUT2D eigenvalue weighted by Gasteiger charge is 2.25. The number of allylic oxidation sites excluding steroid dienone is 7. The van der Waals surface area contributed by atoms with Crippen LogP contribution in [0.4, 0.5) is 0 Å². The van der Waals surface area contributed by atoms with Crippen molar-refractivity contribution >= 4 is 0 Å². The fourth-order valence-corrected chi connectivity index (χ4v) is 3.22. The molecule has 1 aliphatic heterocycles. The molecular weight excluding hydrogens is 266 g/mol. The molecular formula is C21H33N. The van der Waals surface area contributed by atoms with E-state index in [0.29, 0.717) is 5.92 Å². The first-order valence-electron chi connectivity index (χ1n) is 8.66. The van der Waals surface area contributed by atoms with E-state index in [1.807, 2.05) is 0 Å². The lowest BCUT2D eigenvalue weighted by Gasteiger charge is -2.30. The molecule has 0 fully saturated rings. The molecule has 0 saturated carbocycles. The Morgan fingerprint density at radius 2 is 1.68 bits per heavy atom. The summed E-state index contributed by atoms with van der Waals surface area (Å²) < 4.78 is 0. The number of nitrogens with one attached hydrogen (secondary N) is 1. The second-order valence-corrected chi connectivity index (χ2v) is 8.80. The number of hydrogen-bond acceptors (Lipinski definition) is 1. The van der Waals surface area contributed by atoms with Gasteiger partial charge in [-0.1, -0.05) is 78.3 Å². The fraction of sp³-hybridized carbons (Fsp3) is 0.619. The van der Waals surface area contributed by atoms with E-state index >= 15 is 0 Å². The van der Waals surface area contributed by atoms with Crippen LogP contribution in [0, 0.1) is 16.7 Å². The van der Waals surface area contributed by atoms with Gasteiger partial charge in [0.25, 0.3) is 0 Å². The molecule has 0 radical (unpaired) electrons. The first kappa shape index (κ1) is 17.1. The van der Waals surface area contributed by atoms with Crippen molar-refractivity contribution in [1.29, 1.82) is 0 Å². The average molecular weight is 300 g/mol. The zero-order valence-electron chi connectivity index (χ0n) is 15.5. The highest BCUT2D eigenvalue weighted by atomic mass is 14.9. The first-order chi connectivity index (χ1) is 10.1. The minimum atomic E-state index is 0.195. The van der Waals surface area contributed by atoms with E-state index in [2.05, 4.69) is 78.1 Å². The number of rotatable bonds is 0. The van der Waals surface area contributed by atoms with Crippen molar-refractivity contribution in [2.75, 3.05) is 6.54 Å². The molecule has 1 N–H and O–H groups in total. The van der Waals surface area contributed by atoms with Gasteiger partial charge in [-0.25, -0.2) is 0 Å². The van der Waals surface area contributed by atoms with E-state index in [1.165, 1.54) is 23.3 Å². The largest absolute Gasteiger partial charge is 0.385 e. The van der Waals surface area contributed by atoms with Crippen molar-refractivity contribution in [2.45, 2.75) is 61.3 Å². The second-order valence-electron chi connectivity index (χ2n) is 8.80. The average Bonchev–Trinajstić information content (AvgIpc) is 2.46. The smallest absolute Gasteiger partial charge is 0.0331 e. The Bertz CT molecular complexity index is 541. The first-order valence-corrected chi connectivity index (χ1v) is 8.66. The van der Waals surface area contributed by atoms with E-state index in [-0.39, 0.29) is 10.8 Å². The molecule has 1 aliphatic carbocycles. The van der Waals surface area contributed by atoms with Crippen LogP contribution in [0.1, 0.15) is 61.3 Å². The predicted molar refractivity (Wildman–Crippen MR) is 97.6 cm³/mol. The highest BCUT2D eigenvalue weighted by Crippen LogP contribution is 2.38. The summed E-state index contributed by atoms with van der Waals surface area (Å²) in [6.07, 6.45) is 11.8. The van der Waals surface area contributed by atoms with Crippen LogP contribution in [0.15, 0.2) is 46.7 Å². The molecule has 0 spiro atoms. The lowest BCUT2D eigenvalue weighted by molar-refractivity contribution is 0.473. The van der Waals surface area contributed by atoms with Gasteiger partial charge in [0, 0.05) is 18.2 Å². The van der Waals surface area contributed by atoms with Gasteiger partial charge in [0.2, 0.25) is 0 Å². The van der Waals surface area contributed by atoms with E-state index in [1.54, 1.807) is 5.57 Å². The van der Waals surface area contributed by atoms with Gasteiger partial charge in [-0.2, -0.15) is 0 Å². The van der Waals surface area contributed by atoms with E-state index < -0.39 is 0 Å². The van der Waals surface area contributed by atoms with Crippen molar-refractivity contribution in [3.8, 4) is 0 Å². The summed E-state index contributed by atoms with van der Waals surface area (Å²) in [5.74, 6) is 0.456. The van der Waals surface area contributed by atoms with Crippen LogP contribution in [0.5, 0.6) is 0 Å². The van der Waals surface area contributed by atoms with Crippen LogP contribution in [0.2, 0.25) is 0 Å². The fourth-order valence-electron chi connectivity index (χ4n) is 3.22. The summed E-state index contributed by atoms with van der Waals surface area (Å²) in [7, 11) is 0. The summed E-state index contributed by atoms with van der Waals surface area (Å²) in [6, 6.07) is 0. The molecule has 0 bridgehead atoms. The van der Waals surface area contributed by atoms with Crippen LogP contribution >= 0.6 is 0 Å². The molecule has 122 valence electrons. The molecule has 1 atom stereocenters. The third-order valence-electron chi connectivity index (χ3n) is 4.80. The molecule has 0 aromatic heterocycles. The van der Waals surface area contributed by atoms with Crippen molar-refractivity contribution < 1.29 is 0 Å². The highest BCUT2D eigenvalue weighted by molar-refractivity contribution is 5.41. The zero-order valence-corrected chi connectivity index (χ0v) is 15.5. The summed E-state index contributed by atoms with van der Waals surface area (Å²) >= 11 is 0. The summed E-state index contributed by atoms with van der Waals surface area (Å²) in [4.78, 5) is 0. The summed E-state index contributed by atoms with van der Waals surface area (Å²) in [5, 5.41) is 3.65. The maximum Gasteiger partial charge on any atom is 0.0331 e. The van der Waals surface area contributed by atoms with Gasteiger partial charge in [0.15, 0.2) is 0 Å². The Balaban J connectivity index is 2.44. The molecule has 0 amide bonds. The summed E-state index contributed by atoms with van der Waals surface area (Å²) in [6.45, 7) is 17.2. The Kier molecular flexibility index (Phi) is 4.75. The van der Waals surface area contributed by atoms with Crippen LogP contribution in [-0.4, -0.2) is 6.54 Å². The Labute approximate surface area is 137 Å². The molecule has 1 nitrogen and oxygen atoms in total. The van der Waals surface area contributed by atoms with Crippen LogP contribution in [0.25, 0.3) is 0 Å². The van der Waals surface area contributed by atoms with Crippen LogP contribution in [0.3, 0.4) is 0 Å². The van der Waals surface area contributed by atoms with Gasteiger partial charge in [0.1, 0.15) is 0 Å². The molecule has 1 unspecified atom stereocenters. The standard InChI is InChI=1S/C21H33N/c1-15-13-16(20(2,3)4)9-8-12-22-19-11-10-17(14-18(15)19)21(5,6)7/h8-9,13-15,22H,10-12H2,1-7H3/b9-8-,16-13+. The quantitative estimate of drug-likeness (QED) is 0.598. The molecule has 0 saturated heterocycles. The Morgan fingerprint density at radius 3 is 2.27 bits per heavy atom. The molecule has 22 heavy (non-hydrogen) atoms. The molecule has 2 rings (SSSR count). The van der Waals surface area contributed by atoms with Gasteiger partial charge < -0.3 is 5.32 Å². The van der Waals surface area contributed by atoms with Crippen LogP contribution in [-0.2, 0) is 0 Å². The molecule has 1 heterocycles. The third-order valence-corrected chi connectivity index (χ3v) is 4.80. The third kappa shape index (κ3) is 3.94. The minimum Gasteiger partial charge on any atom is -0.385 e. The molecule has 0 aromatic carbocycles. The van der Waals surface area contributed by atoms with Gasteiger partial charge >= 0.3 is 0 Å². The maximum atomic E-state index is 3.65. The van der Waals surface area contributed by atoms with Gasteiger partial charge in [-0.05, 0) is 34.8 Å². The van der Waals surface area contributed by atoms with E-state index in [4.69, 9.17) is 0 Å². The van der Waals surface area contributed by atoms with E-state index in [9.17, 15) is 0 Å². The monoisotopic (exact) mass is 299 g/mol. The Hall–Kier alpha value is -1.24. The Morgan fingerprint density at radius 1 is 1.00 bits per heavy atom. The van der Waals surface area contributed by atoms with Gasteiger partial charge in [-0.3, -0.25) is 0 Å². The second kappa shape index (κ2) is 6.10.